The number of hydrogen-bond acceptors (Lipinski definition) is 2. The van der Waals surface area contributed by atoms with Crippen LogP contribution >= 0.6 is 0 Å². The SMILES string of the molecule is COc1ccc(C)cc1CNC(C)CC(C)C. The summed E-state index contributed by atoms with van der Waals surface area (Å²) in [6.07, 6.45) is 1.20. The van der Waals surface area contributed by atoms with Crippen molar-refractivity contribution in [3.05, 3.63) is 29.3 Å². The van der Waals surface area contributed by atoms with E-state index < -0.39 is 0 Å². The number of aryl methyl sites for hydroxylation is 1. The molecule has 96 valence electrons. The van der Waals surface area contributed by atoms with Crippen molar-refractivity contribution in [1.82, 2.24) is 5.32 Å². The minimum absolute atomic E-state index is 0.542. The molecule has 0 bridgehead atoms. The van der Waals surface area contributed by atoms with Crippen LogP contribution < -0.4 is 10.1 Å². The zero-order valence-electron chi connectivity index (χ0n) is 11.7. The van der Waals surface area contributed by atoms with E-state index in [-0.39, 0.29) is 0 Å². The van der Waals surface area contributed by atoms with Crippen LogP contribution in [0.4, 0.5) is 0 Å². The van der Waals surface area contributed by atoms with Gasteiger partial charge in [0.25, 0.3) is 0 Å². The van der Waals surface area contributed by atoms with Crippen molar-refractivity contribution in [2.45, 2.75) is 46.7 Å². The van der Waals surface area contributed by atoms with Gasteiger partial charge in [0.05, 0.1) is 7.11 Å². The maximum Gasteiger partial charge on any atom is 0.123 e. The lowest BCUT2D eigenvalue weighted by Crippen LogP contribution is -2.27. The first-order chi connectivity index (χ1) is 8.02. The Hall–Kier alpha value is -1.02. The largest absolute Gasteiger partial charge is 0.496 e. The van der Waals surface area contributed by atoms with Crippen LogP contribution in [0.15, 0.2) is 18.2 Å². The molecule has 1 N–H and O–H groups in total. The van der Waals surface area contributed by atoms with Crippen LogP contribution in [0.5, 0.6) is 5.75 Å². The number of hydrogen-bond donors (Lipinski definition) is 1. The van der Waals surface area contributed by atoms with E-state index >= 15 is 0 Å². The normalized spacial score (nSPS) is 12.8. The van der Waals surface area contributed by atoms with E-state index in [0.717, 1.165) is 18.2 Å². The third kappa shape index (κ3) is 4.78. The van der Waals surface area contributed by atoms with Crippen LogP contribution in [-0.2, 0) is 6.54 Å². The van der Waals surface area contributed by atoms with Crippen LogP contribution in [0, 0.1) is 12.8 Å². The summed E-state index contributed by atoms with van der Waals surface area (Å²) in [5.41, 5.74) is 2.52. The molecular formula is C15H25NO. The first-order valence-electron chi connectivity index (χ1n) is 6.39. The average molecular weight is 235 g/mol. The number of rotatable bonds is 6. The van der Waals surface area contributed by atoms with Crippen LogP contribution in [-0.4, -0.2) is 13.2 Å². The minimum Gasteiger partial charge on any atom is -0.496 e. The number of benzene rings is 1. The summed E-state index contributed by atoms with van der Waals surface area (Å²) in [7, 11) is 1.73. The van der Waals surface area contributed by atoms with Gasteiger partial charge in [0.1, 0.15) is 5.75 Å². The molecule has 0 spiro atoms. The molecule has 0 heterocycles. The molecule has 0 aromatic heterocycles. The van der Waals surface area contributed by atoms with E-state index in [9.17, 15) is 0 Å². The Kier molecular flexibility index (Phi) is 5.49. The Morgan fingerprint density at radius 2 is 1.94 bits per heavy atom. The van der Waals surface area contributed by atoms with Crippen molar-refractivity contribution in [2.75, 3.05) is 7.11 Å². The Balaban J connectivity index is 2.58. The van der Waals surface area contributed by atoms with E-state index in [1.807, 2.05) is 6.07 Å². The molecule has 0 saturated heterocycles. The summed E-state index contributed by atoms with van der Waals surface area (Å²) < 4.78 is 5.37. The zero-order valence-corrected chi connectivity index (χ0v) is 11.7. The van der Waals surface area contributed by atoms with Crippen molar-refractivity contribution in [2.24, 2.45) is 5.92 Å². The molecule has 1 atom stereocenters. The number of nitrogens with one attached hydrogen (secondary N) is 1. The molecule has 1 unspecified atom stereocenters. The average Bonchev–Trinajstić information content (AvgIpc) is 2.25. The lowest BCUT2D eigenvalue weighted by molar-refractivity contribution is 0.400. The lowest BCUT2D eigenvalue weighted by Gasteiger charge is -2.17. The van der Waals surface area contributed by atoms with Gasteiger partial charge in [-0.1, -0.05) is 31.5 Å². The van der Waals surface area contributed by atoms with Crippen molar-refractivity contribution in [3.63, 3.8) is 0 Å². The summed E-state index contributed by atoms with van der Waals surface area (Å²) in [5, 5.41) is 3.55. The summed E-state index contributed by atoms with van der Waals surface area (Å²) in [4.78, 5) is 0. The molecule has 0 aliphatic heterocycles. The standard InChI is InChI=1S/C15H25NO/c1-11(2)8-13(4)16-10-14-9-12(3)6-7-15(14)17-5/h6-7,9,11,13,16H,8,10H2,1-5H3. The van der Waals surface area contributed by atoms with E-state index in [1.54, 1.807) is 7.11 Å². The highest BCUT2D eigenvalue weighted by Gasteiger charge is 2.07. The van der Waals surface area contributed by atoms with Gasteiger partial charge in [-0.25, -0.2) is 0 Å². The second kappa shape index (κ2) is 6.65. The molecule has 1 aromatic rings. The molecule has 0 saturated carbocycles. The molecule has 2 nitrogen and oxygen atoms in total. The Morgan fingerprint density at radius 3 is 2.53 bits per heavy atom. The monoisotopic (exact) mass is 235 g/mol. The topological polar surface area (TPSA) is 21.3 Å². The van der Waals surface area contributed by atoms with Crippen LogP contribution in [0.3, 0.4) is 0 Å². The van der Waals surface area contributed by atoms with Crippen LogP contribution in [0.1, 0.15) is 38.3 Å². The predicted octanol–water partition coefficient (Wildman–Crippen LogP) is 3.53. The summed E-state index contributed by atoms with van der Waals surface area (Å²) >= 11 is 0. The zero-order chi connectivity index (χ0) is 12.8. The minimum atomic E-state index is 0.542. The van der Waals surface area contributed by atoms with Gasteiger partial charge in [-0.3, -0.25) is 0 Å². The smallest absolute Gasteiger partial charge is 0.123 e. The number of ether oxygens (including phenoxy) is 1. The maximum atomic E-state index is 5.37. The lowest BCUT2D eigenvalue weighted by atomic mass is 10.0. The van der Waals surface area contributed by atoms with Gasteiger partial charge >= 0.3 is 0 Å². The molecule has 0 amide bonds. The highest BCUT2D eigenvalue weighted by Crippen LogP contribution is 2.19. The second-order valence-electron chi connectivity index (χ2n) is 5.23. The van der Waals surface area contributed by atoms with E-state index in [0.29, 0.717) is 6.04 Å². The fourth-order valence-electron chi connectivity index (χ4n) is 2.12. The molecule has 0 radical (unpaired) electrons. The number of methoxy groups -OCH3 is 1. The Morgan fingerprint density at radius 1 is 1.24 bits per heavy atom. The fourth-order valence-corrected chi connectivity index (χ4v) is 2.12. The van der Waals surface area contributed by atoms with E-state index in [1.165, 1.54) is 17.5 Å². The van der Waals surface area contributed by atoms with Crippen molar-refractivity contribution in [1.29, 1.82) is 0 Å². The summed E-state index contributed by atoms with van der Waals surface area (Å²) in [6.45, 7) is 9.73. The van der Waals surface area contributed by atoms with Crippen molar-refractivity contribution < 1.29 is 4.74 Å². The molecular weight excluding hydrogens is 210 g/mol. The van der Waals surface area contributed by atoms with Gasteiger partial charge in [-0.15, -0.1) is 0 Å². The molecule has 0 aliphatic rings. The maximum absolute atomic E-state index is 5.37. The highest BCUT2D eigenvalue weighted by molar-refractivity contribution is 5.36. The van der Waals surface area contributed by atoms with E-state index in [2.05, 4.69) is 45.1 Å². The molecule has 0 aliphatic carbocycles. The second-order valence-corrected chi connectivity index (χ2v) is 5.23. The van der Waals surface area contributed by atoms with Crippen LogP contribution in [0.2, 0.25) is 0 Å². The molecule has 0 fully saturated rings. The highest BCUT2D eigenvalue weighted by atomic mass is 16.5. The Labute approximate surface area is 105 Å². The van der Waals surface area contributed by atoms with Gasteiger partial charge in [-0.05, 0) is 32.3 Å². The van der Waals surface area contributed by atoms with Gasteiger partial charge in [0.2, 0.25) is 0 Å². The molecule has 1 rings (SSSR count). The van der Waals surface area contributed by atoms with Crippen molar-refractivity contribution >= 4 is 0 Å². The first kappa shape index (κ1) is 14.0. The van der Waals surface area contributed by atoms with Gasteiger partial charge < -0.3 is 10.1 Å². The van der Waals surface area contributed by atoms with Crippen molar-refractivity contribution in [3.8, 4) is 5.75 Å². The van der Waals surface area contributed by atoms with Gasteiger partial charge in [0, 0.05) is 18.2 Å². The van der Waals surface area contributed by atoms with Gasteiger partial charge in [-0.2, -0.15) is 0 Å². The fraction of sp³-hybridized carbons (Fsp3) is 0.600. The first-order valence-corrected chi connectivity index (χ1v) is 6.39. The Bertz CT molecular complexity index is 347. The van der Waals surface area contributed by atoms with E-state index in [4.69, 9.17) is 4.74 Å². The van der Waals surface area contributed by atoms with Gasteiger partial charge in [0.15, 0.2) is 0 Å². The van der Waals surface area contributed by atoms with Crippen LogP contribution in [0.25, 0.3) is 0 Å². The summed E-state index contributed by atoms with van der Waals surface area (Å²) in [5.74, 6) is 1.71. The summed E-state index contributed by atoms with van der Waals surface area (Å²) in [6, 6.07) is 6.85. The molecule has 17 heavy (non-hydrogen) atoms. The quantitative estimate of drug-likeness (QED) is 0.814. The molecule has 1 aromatic carbocycles. The predicted molar refractivity (Wildman–Crippen MR) is 73.5 cm³/mol. The third-order valence-electron chi connectivity index (χ3n) is 2.90. The third-order valence-corrected chi connectivity index (χ3v) is 2.90. The molecule has 2 heteroatoms.